The standard InChI is InChI=1S/C21H27O2P.B/c1-2-3-4-11-17-23-21(22)16-18-24(19-12-7-5-8-13-19)20-14-9-6-10-15-20;/h5-10,12-15H,2-4,11,16-18H2,1H3;. The number of rotatable bonds is 10. The van der Waals surface area contributed by atoms with Gasteiger partial charge in [0.1, 0.15) is 0 Å². The fourth-order valence-corrected chi connectivity index (χ4v) is 4.90. The van der Waals surface area contributed by atoms with Crippen LogP contribution >= 0.6 is 7.92 Å². The molecule has 2 aromatic carbocycles. The van der Waals surface area contributed by atoms with Gasteiger partial charge in [-0.15, -0.1) is 0 Å². The lowest BCUT2D eigenvalue weighted by molar-refractivity contribution is -0.143. The van der Waals surface area contributed by atoms with Crippen LogP contribution < -0.4 is 10.6 Å². The van der Waals surface area contributed by atoms with E-state index in [2.05, 4.69) is 55.5 Å². The quantitative estimate of drug-likeness (QED) is 0.276. The second kappa shape index (κ2) is 12.7. The Morgan fingerprint density at radius 2 is 1.44 bits per heavy atom. The highest BCUT2D eigenvalue weighted by Crippen LogP contribution is 2.34. The molecule has 0 unspecified atom stereocenters. The van der Waals surface area contributed by atoms with Crippen LogP contribution in [0.5, 0.6) is 0 Å². The van der Waals surface area contributed by atoms with Gasteiger partial charge in [-0.3, -0.25) is 4.79 Å². The van der Waals surface area contributed by atoms with Gasteiger partial charge in [0.05, 0.1) is 13.0 Å². The zero-order valence-corrected chi connectivity index (χ0v) is 16.0. The molecule has 0 aromatic heterocycles. The summed E-state index contributed by atoms with van der Waals surface area (Å²) in [6.45, 7) is 2.74. The molecule has 131 valence electrons. The summed E-state index contributed by atoms with van der Waals surface area (Å²) >= 11 is 0. The Labute approximate surface area is 155 Å². The predicted molar refractivity (Wildman–Crippen MR) is 109 cm³/mol. The van der Waals surface area contributed by atoms with Gasteiger partial charge in [-0.25, -0.2) is 0 Å². The Bertz CT molecular complexity index is 550. The minimum Gasteiger partial charge on any atom is -0.466 e. The summed E-state index contributed by atoms with van der Waals surface area (Å²) in [5, 5.41) is 2.63. The first kappa shape index (κ1) is 21.4. The van der Waals surface area contributed by atoms with Crippen LogP contribution in [-0.2, 0) is 9.53 Å². The Kier molecular flexibility index (Phi) is 10.9. The lowest BCUT2D eigenvalue weighted by Crippen LogP contribution is -2.16. The minimum atomic E-state index is -0.509. The molecule has 0 aliphatic carbocycles. The number of unbranched alkanes of at least 4 members (excludes halogenated alkanes) is 3. The lowest BCUT2D eigenvalue weighted by atomic mass is 10.2. The summed E-state index contributed by atoms with van der Waals surface area (Å²) in [5.41, 5.74) is 0. The van der Waals surface area contributed by atoms with E-state index in [1.165, 1.54) is 23.5 Å². The van der Waals surface area contributed by atoms with Crippen LogP contribution in [0.3, 0.4) is 0 Å². The van der Waals surface area contributed by atoms with Crippen molar-refractivity contribution >= 4 is 32.9 Å². The summed E-state index contributed by atoms with van der Waals surface area (Å²) in [6.07, 6.45) is 5.87. The molecule has 25 heavy (non-hydrogen) atoms. The summed E-state index contributed by atoms with van der Waals surface area (Å²) in [7, 11) is -0.509. The first-order valence-electron chi connectivity index (χ1n) is 8.84. The molecule has 2 rings (SSSR count). The Balaban J connectivity index is 0.00000312. The van der Waals surface area contributed by atoms with Crippen molar-refractivity contribution in [3.05, 3.63) is 60.7 Å². The molecule has 2 aromatic rings. The maximum absolute atomic E-state index is 12.0. The molecule has 0 N–H and O–H groups in total. The van der Waals surface area contributed by atoms with E-state index >= 15 is 0 Å². The third-order valence-electron chi connectivity index (χ3n) is 3.94. The third-order valence-corrected chi connectivity index (χ3v) is 6.45. The molecular weight excluding hydrogens is 326 g/mol. The number of hydrogen-bond donors (Lipinski definition) is 0. The van der Waals surface area contributed by atoms with Crippen LogP contribution in [0.15, 0.2) is 60.7 Å². The van der Waals surface area contributed by atoms with Crippen LogP contribution in [0.25, 0.3) is 0 Å². The Hall–Kier alpha value is -1.60. The summed E-state index contributed by atoms with van der Waals surface area (Å²) in [5.74, 6) is -0.0640. The second-order valence-electron chi connectivity index (χ2n) is 5.85. The fourth-order valence-electron chi connectivity index (χ4n) is 2.61. The molecule has 2 nitrogen and oxygen atoms in total. The highest BCUT2D eigenvalue weighted by atomic mass is 31.1. The van der Waals surface area contributed by atoms with Gasteiger partial charge in [0.25, 0.3) is 0 Å². The normalized spacial score (nSPS) is 10.3. The first-order chi connectivity index (χ1) is 11.8. The smallest absolute Gasteiger partial charge is 0.306 e. The molecule has 0 spiro atoms. The third kappa shape index (κ3) is 7.88. The van der Waals surface area contributed by atoms with Gasteiger partial charge >= 0.3 is 5.97 Å². The summed E-state index contributed by atoms with van der Waals surface area (Å²) in [6, 6.07) is 21.0. The minimum absolute atomic E-state index is 0. The topological polar surface area (TPSA) is 26.3 Å². The highest BCUT2D eigenvalue weighted by Gasteiger charge is 2.15. The van der Waals surface area contributed by atoms with Crippen molar-refractivity contribution in [1.82, 2.24) is 0 Å². The molecule has 0 saturated heterocycles. The van der Waals surface area contributed by atoms with Crippen LogP contribution in [-0.4, -0.2) is 27.2 Å². The number of carbonyl (C=O) groups is 1. The van der Waals surface area contributed by atoms with Crippen molar-refractivity contribution in [2.45, 2.75) is 39.0 Å². The highest BCUT2D eigenvalue weighted by molar-refractivity contribution is 7.73. The molecule has 0 atom stereocenters. The van der Waals surface area contributed by atoms with Crippen molar-refractivity contribution in [2.24, 2.45) is 0 Å². The van der Waals surface area contributed by atoms with Gasteiger partial charge < -0.3 is 4.74 Å². The van der Waals surface area contributed by atoms with Crippen LogP contribution in [0.1, 0.15) is 39.0 Å². The molecule has 0 aliphatic rings. The van der Waals surface area contributed by atoms with Gasteiger partial charge in [-0.05, 0) is 31.1 Å². The average Bonchev–Trinajstić information content (AvgIpc) is 2.63. The Morgan fingerprint density at radius 1 is 0.880 bits per heavy atom. The van der Waals surface area contributed by atoms with Crippen molar-refractivity contribution < 1.29 is 9.53 Å². The van der Waals surface area contributed by atoms with E-state index in [4.69, 9.17) is 4.74 Å². The molecule has 4 heteroatoms. The second-order valence-corrected chi connectivity index (χ2v) is 8.19. The molecule has 0 heterocycles. The largest absolute Gasteiger partial charge is 0.466 e. The van der Waals surface area contributed by atoms with E-state index in [1.807, 2.05) is 12.1 Å². The molecule has 0 amide bonds. The van der Waals surface area contributed by atoms with E-state index in [1.54, 1.807) is 0 Å². The molecule has 0 saturated carbocycles. The number of esters is 1. The molecule has 0 bridgehead atoms. The van der Waals surface area contributed by atoms with Crippen molar-refractivity contribution in [1.29, 1.82) is 0 Å². The lowest BCUT2D eigenvalue weighted by Gasteiger charge is -2.18. The van der Waals surface area contributed by atoms with E-state index < -0.39 is 7.92 Å². The van der Waals surface area contributed by atoms with Gasteiger partial charge in [0.15, 0.2) is 0 Å². The molecule has 3 radical (unpaired) electrons. The number of ether oxygens (including phenoxy) is 1. The van der Waals surface area contributed by atoms with Crippen LogP contribution in [0, 0.1) is 0 Å². The molecular formula is C21H27BO2P. The Morgan fingerprint density at radius 3 is 1.96 bits per heavy atom. The fraction of sp³-hybridized carbons (Fsp3) is 0.381. The van der Waals surface area contributed by atoms with Gasteiger partial charge in [0, 0.05) is 8.41 Å². The number of carbonyl (C=O) groups excluding carboxylic acids is 1. The maximum Gasteiger partial charge on any atom is 0.306 e. The summed E-state index contributed by atoms with van der Waals surface area (Å²) in [4.78, 5) is 12.0. The summed E-state index contributed by atoms with van der Waals surface area (Å²) < 4.78 is 5.38. The monoisotopic (exact) mass is 353 g/mol. The van der Waals surface area contributed by atoms with Crippen LogP contribution in [0.2, 0.25) is 0 Å². The van der Waals surface area contributed by atoms with E-state index in [0.717, 1.165) is 19.0 Å². The van der Waals surface area contributed by atoms with E-state index in [9.17, 15) is 4.79 Å². The zero-order chi connectivity index (χ0) is 17.0. The van der Waals surface area contributed by atoms with E-state index in [0.29, 0.717) is 13.0 Å². The zero-order valence-electron chi connectivity index (χ0n) is 15.1. The number of benzene rings is 2. The van der Waals surface area contributed by atoms with Gasteiger partial charge in [-0.1, -0.05) is 86.8 Å². The number of hydrogen-bond acceptors (Lipinski definition) is 2. The van der Waals surface area contributed by atoms with E-state index in [-0.39, 0.29) is 14.4 Å². The maximum atomic E-state index is 12.0. The average molecular weight is 353 g/mol. The van der Waals surface area contributed by atoms with Crippen molar-refractivity contribution in [3.8, 4) is 0 Å². The van der Waals surface area contributed by atoms with Crippen molar-refractivity contribution in [2.75, 3.05) is 12.8 Å². The van der Waals surface area contributed by atoms with Crippen LogP contribution in [0.4, 0.5) is 0 Å². The molecule has 0 aliphatic heterocycles. The van der Waals surface area contributed by atoms with Gasteiger partial charge in [-0.2, -0.15) is 0 Å². The van der Waals surface area contributed by atoms with Gasteiger partial charge in [0.2, 0.25) is 0 Å². The molecule has 0 fully saturated rings. The predicted octanol–water partition coefficient (Wildman–Crippen LogP) is 4.25. The van der Waals surface area contributed by atoms with Crippen molar-refractivity contribution in [3.63, 3.8) is 0 Å². The SMILES string of the molecule is CCCCCCOC(=O)CCP(c1ccccc1)c1ccccc1.[B]. The first-order valence-corrected chi connectivity index (χ1v) is 10.4.